The van der Waals surface area contributed by atoms with Crippen LogP contribution in [0.4, 0.5) is 17.5 Å². The molecule has 1 atom stereocenters. The Bertz CT molecular complexity index is 1330. The second-order valence-electron chi connectivity index (χ2n) is 11.0. The fraction of sp³-hybridized carbons (Fsp3) is 0.481. The third-order valence-corrected chi connectivity index (χ3v) is 7.24. The Morgan fingerprint density at radius 1 is 1.14 bits per heavy atom. The first kappa shape index (κ1) is 24.2. The molecular weight excluding hydrogens is 452 g/mol. The number of nitrogens with one attached hydrogen (secondary N) is 1. The maximum Gasteiger partial charge on any atom is 0.229 e. The van der Waals surface area contributed by atoms with Crippen molar-refractivity contribution in [2.45, 2.75) is 58.6 Å². The monoisotopic (exact) mass is 488 g/mol. The number of fused-ring (bicyclic) bond motifs is 1. The van der Waals surface area contributed by atoms with Gasteiger partial charge < -0.3 is 24.5 Å². The normalized spacial score (nSPS) is 16.0. The van der Waals surface area contributed by atoms with Crippen molar-refractivity contribution in [2.24, 2.45) is 13.0 Å². The molecule has 190 valence electrons. The number of imidazole rings is 2. The molecule has 0 saturated carbocycles. The van der Waals surface area contributed by atoms with Crippen LogP contribution in [0.2, 0.25) is 0 Å². The van der Waals surface area contributed by atoms with E-state index in [1.54, 1.807) is 18.9 Å². The molecule has 0 spiro atoms. The molecule has 1 saturated heterocycles. The van der Waals surface area contributed by atoms with Crippen LogP contribution in [0.3, 0.4) is 0 Å². The van der Waals surface area contributed by atoms with Crippen LogP contribution in [-0.4, -0.2) is 53.4 Å². The molecule has 9 nitrogen and oxygen atoms in total. The second-order valence-corrected chi connectivity index (χ2v) is 11.0. The van der Waals surface area contributed by atoms with E-state index in [4.69, 9.17) is 9.97 Å². The van der Waals surface area contributed by atoms with Crippen molar-refractivity contribution in [3.05, 3.63) is 54.4 Å². The van der Waals surface area contributed by atoms with Gasteiger partial charge in [0.1, 0.15) is 5.52 Å². The summed E-state index contributed by atoms with van der Waals surface area (Å²) in [5.74, 6) is 1.67. The summed E-state index contributed by atoms with van der Waals surface area (Å²) in [5.41, 5.74) is 5.07. The molecule has 5 rings (SSSR count). The minimum Gasteiger partial charge on any atom is -0.391 e. The van der Waals surface area contributed by atoms with Crippen LogP contribution in [0, 0.1) is 12.8 Å². The highest BCUT2D eigenvalue weighted by atomic mass is 16.3. The molecule has 1 aromatic carbocycles. The van der Waals surface area contributed by atoms with Gasteiger partial charge in [0.15, 0.2) is 11.5 Å². The highest BCUT2D eigenvalue weighted by Crippen LogP contribution is 2.32. The van der Waals surface area contributed by atoms with Gasteiger partial charge >= 0.3 is 0 Å². The van der Waals surface area contributed by atoms with Crippen LogP contribution in [0.1, 0.15) is 44.7 Å². The van der Waals surface area contributed by atoms with Gasteiger partial charge in [0, 0.05) is 44.8 Å². The molecule has 1 aliphatic rings. The van der Waals surface area contributed by atoms with Crippen LogP contribution in [-0.2, 0) is 19.0 Å². The number of piperidine rings is 1. The summed E-state index contributed by atoms with van der Waals surface area (Å²) in [4.78, 5) is 20.6. The average Bonchev–Trinajstić information content (AvgIpc) is 3.49. The minimum absolute atomic E-state index is 0.0512. The number of hydrogen-bond donors (Lipinski definition) is 2. The summed E-state index contributed by atoms with van der Waals surface area (Å²) in [7, 11) is 1.97. The molecule has 4 aromatic rings. The van der Waals surface area contributed by atoms with Gasteiger partial charge in [-0.3, -0.25) is 0 Å². The number of aliphatic hydroxyl groups is 1. The SMILES string of the molecule is Cc1ccc(C(C)(C)C)cc1Nc1nc(N2CCC(C(O)Cn3ccnc3)CC2)nc2ncn(C)c12. The van der Waals surface area contributed by atoms with E-state index >= 15 is 0 Å². The second kappa shape index (κ2) is 9.54. The standard InChI is InChI=1S/C27H36N8O/c1-18-6-7-20(27(2,3)4)14-21(18)30-25-23-24(29-17-33(23)5)31-26(32-25)35-11-8-19(9-12-35)22(36)15-34-13-10-28-16-34/h6-7,10,13-14,16-17,19,22,36H,8-9,11-12,15H2,1-5H3,(H,30,31,32). The van der Waals surface area contributed by atoms with Gasteiger partial charge in [0.25, 0.3) is 0 Å². The van der Waals surface area contributed by atoms with Gasteiger partial charge in [-0.25, -0.2) is 9.97 Å². The highest BCUT2D eigenvalue weighted by molar-refractivity contribution is 5.87. The first-order valence-corrected chi connectivity index (χ1v) is 12.6. The Morgan fingerprint density at radius 2 is 1.92 bits per heavy atom. The minimum atomic E-state index is -0.393. The summed E-state index contributed by atoms with van der Waals surface area (Å²) >= 11 is 0. The summed E-state index contributed by atoms with van der Waals surface area (Å²) in [6.07, 6.45) is 8.54. The van der Waals surface area contributed by atoms with E-state index in [-0.39, 0.29) is 11.3 Å². The molecule has 0 bridgehead atoms. The number of hydrogen-bond acceptors (Lipinski definition) is 7. The molecule has 36 heavy (non-hydrogen) atoms. The van der Waals surface area contributed by atoms with E-state index in [1.165, 1.54) is 5.56 Å². The lowest BCUT2D eigenvalue weighted by Gasteiger charge is -2.34. The Balaban J connectivity index is 1.38. The predicted octanol–water partition coefficient (Wildman–Crippen LogP) is 4.19. The maximum atomic E-state index is 10.7. The fourth-order valence-corrected chi connectivity index (χ4v) is 4.87. The van der Waals surface area contributed by atoms with Gasteiger partial charge in [-0.1, -0.05) is 32.9 Å². The lowest BCUT2D eigenvalue weighted by atomic mass is 9.86. The zero-order valence-corrected chi connectivity index (χ0v) is 21.8. The van der Waals surface area contributed by atoms with Crippen molar-refractivity contribution < 1.29 is 5.11 Å². The summed E-state index contributed by atoms with van der Waals surface area (Å²) < 4.78 is 3.90. The van der Waals surface area contributed by atoms with Gasteiger partial charge in [0.05, 0.1) is 18.8 Å². The lowest BCUT2D eigenvalue weighted by Crippen LogP contribution is -2.39. The summed E-state index contributed by atoms with van der Waals surface area (Å²) in [6.45, 7) is 10.9. The Morgan fingerprint density at radius 3 is 2.61 bits per heavy atom. The Labute approximate surface area is 212 Å². The number of aryl methyl sites for hydroxylation is 2. The number of nitrogens with zero attached hydrogens (tertiary/aromatic N) is 7. The molecule has 2 N–H and O–H groups in total. The number of rotatable bonds is 6. The lowest BCUT2D eigenvalue weighted by molar-refractivity contribution is 0.0766. The molecule has 0 aliphatic carbocycles. The first-order chi connectivity index (χ1) is 17.2. The molecule has 1 aliphatic heterocycles. The average molecular weight is 489 g/mol. The van der Waals surface area contributed by atoms with Crippen LogP contribution in [0.5, 0.6) is 0 Å². The molecule has 4 heterocycles. The zero-order chi connectivity index (χ0) is 25.4. The zero-order valence-electron chi connectivity index (χ0n) is 21.8. The molecule has 1 fully saturated rings. The quantitative estimate of drug-likeness (QED) is 0.420. The Hall–Kier alpha value is -3.46. The largest absolute Gasteiger partial charge is 0.391 e. The van der Waals surface area contributed by atoms with Crippen molar-refractivity contribution in [3.63, 3.8) is 0 Å². The van der Waals surface area contributed by atoms with E-state index in [0.717, 1.165) is 48.5 Å². The number of anilines is 3. The van der Waals surface area contributed by atoms with E-state index in [0.29, 0.717) is 18.1 Å². The van der Waals surface area contributed by atoms with Gasteiger partial charge in [-0.15, -0.1) is 0 Å². The predicted molar refractivity (Wildman–Crippen MR) is 143 cm³/mol. The maximum absolute atomic E-state index is 10.7. The van der Waals surface area contributed by atoms with Crippen LogP contribution >= 0.6 is 0 Å². The van der Waals surface area contributed by atoms with Crippen molar-refractivity contribution in [2.75, 3.05) is 23.3 Å². The van der Waals surface area contributed by atoms with E-state index < -0.39 is 6.10 Å². The van der Waals surface area contributed by atoms with Gasteiger partial charge in [0.2, 0.25) is 5.95 Å². The van der Waals surface area contributed by atoms with Crippen LogP contribution in [0.25, 0.3) is 11.2 Å². The van der Waals surface area contributed by atoms with Crippen molar-refractivity contribution in [1.29, 1.82) is 0 Å². The van der Waals surface area contributed by atoms with Crippen LogP contribution in [0.15, 0.2) is 43.2 Å². The number of aromatic nitrogens is 6. The molecule has 1 unspecified atom stereocenters. The van der Waals surface area contributed by atoms with E-state index in [2.05, 4.69) is 66.1 Å². The topological polar surface area (TPSA) is 96.9 Å². The third kappa shape index (κ3) is 4.93. The fourth-order valence-electron chi connectivity index (χ4n) is 4.87. The summed E-state index contributed by atoms with van der Waals surface area (Å²) in [5, 5.41) is 14.3. The molecule has 3 aromatic heterocycles. The van der Waals surface area contributed by atoms with Crippen molar-refractivity contribution >= 4 is 28.6 Å². The number of benzene rings is 1. The Kier molecular flexibility index (Phi) is 6.42. The smallest absolute Gasteiger partial charge is 0.229 e. The van der Waals surface area contributed by atoms with Crippen molar-refractivity contribution in [3.8, 4) is 0 Å². The highest BCUT2D eigenvalue weighted by Gasteiger charge is 2.27. The van der Waals surface area contributed by atoms with Gasteiger partial charge in [-0.2, -0.15) is 9.97 Å². The number of aliphatic hydroxyl groups excluding tert-OH is 1. The van der Waals surface area contributed by atoms with Crippen LogP contribution < -0.4 is 10.2 Å². The molecular formula is C27H36N8O. The third-order valence-electron chi connectivity index (χ3n) is 7.24. The molecule has 0 radical (unpaired) electrons. The van der Waals surface area contributed by atoms with Crippen molar-refractivity contribution in [1.82, 2.24) is 29.1 Å². The molecule has 9 heteroatoms. The molecule has 0 amide bonds. The summed E-state index contributed by atoms with van der Waals surface area (Å²) in [6, 6.07) is 6.56. The first-order valence-electron chi connectivity index (χ1n) is 12.6. The van der Waals surface area contributed by atoms with Gasteiger partial charge in [-0.05, 0) is 48.3 Å². The van der Waals surface area contributed by atoms with E-state index in [1.807, 2.05) is 22.4 Å². The van der Waals surface area contributed by atoms with E-state index in [9.17, 15) is 5.11 Å².